The molecule has 2 aromatic carbocycles. The quantitative estimate of drug-likeness (QED) is 0.324. The molecule has 0 bridgehead atoms. The number of halogens is 3. The molecule has 0 saturated heterocycles. The molecule has 0 atom stereocenters. The second kappa shape index (κ2) is 8.18. The molecule has 0 aliphatic rings. The molecule has 3 N–H and O–H groups in total. The zero-order chi connectivity index (χ0) is 21.3. The lowest BCUT2D eigenvalue weighted by atomic mass is 10.1. The molecule has 30 heavy (non-hydrogen) atoms. The molecule has 4 rings (SSSR count). The van der Waals surface area contributed by atoms with E-state index < -0.39 is 5.82 Å². The van der Waals surface area contributed by atoms with Crippen molar-refractivity contribution in [3.63, 3.8) is 0 Å². The third kappa shape index (κ3) is 3.87. The molecule has 4 aromatic rings. The molecule has 10 heteroatoms. The van der Waals surface area contributed by atoms with Crippen LogP contribution in [0.15, 0.2) is 53.5 Å². The van der Waals surface area contributed by atoms with Gasteiger partial charge in [-0.15, -0.1) is 0 Å². The number of fused-ring (bicyclic) bond motifs is 1. The molecular formula is C20H13BrClFN6O. The summed E-state index contributed by atoms with van der Waals surface area (Å²) in [6.45, 7) is 0.330. The zero-order valence-electron chi connectivity index (χ0n) is 15.2. The van der Waals surface area contributed by atoms with E-state index in [4.69, 9.17) is 11.6 Å². The Labute approximate surface area is 183 Å². The summed E-state index contributed by atoms with van der Waals surface area (Å²) in [4.78, 5) is 8.24. The number of hydrogen-bond donors (Lipinski definition) is 3. The summed E-state index contributed by atoms with van der Waals surface area (Å²) in [5.41, 5.74) is 3.32. The molecule has 0 aliphatic heterocycles. The highest BCUT2D eigenvalue weighted by molar-refractivity contribution is 9.10. The molecule has 2 heterocycles. The van der Waals surface area contributed by atoms with Crippen LogP contribution < -0.4 is 10.6 Å². The summed E-state index contributed by atoms with van der Waals surface area (Å²) in [7, 11) is 0. The number of anilines is 3. The van der Waals surface area contributed by atoms with Crippen molar-refractivity contribution in [2.24, 2.45) is 0 Å². The van der Waals surface area contributed by atoms with Crippen LogP contribution >= 0.6 is 27.5 Å². The van der Waals surface area contributed by atoms with E-state index in [-0.39, 0.29) is 5.02 Å². The minimum Gasteiger partial charge on any atom is -0.427 e. The normalized spacial score (nSPS) is 10.7. The molecule has 0 saturated carbocycles. The van der Waals surface area contributed by atoms with E-state index >= 15 is 0 Å². The van der Waals surface area contributed by atoms with E-state index in [1.54, 1.807) is 6.20 Å². The number of hydrogen-bond acceptors (Lipinski definition) is 6. The number of nitrogens with one attached hydrogen (secondary N) is 2. The second-order valence-corrected chi connectivity index (χ2v) is 7.61. The molecule has 0 fully saturated rings. The predicted octanol–water partition coefficient (Wildman–Crippen LogP) is 5.45. The van der Waals surface area contributed by atoms with Crippen LogP contribution in [0.25, 0.3) is 10.9 Å². The molecule has 150 valence electrons. The fourth-order valence-corrected chi connectivity index (χ4v) is 3.68. The number of rotatable bonds is 5. The number of nitriles is 1. The molecule has 2 aromatic heterocycles. The van der Waals surface area contributed by atoms with Gasteiger partial charge in [-0.1, -0.05) is 11.6 Å². The minimum atomic E-state index is -0.528. The van der Waals surface area contributed by atoms with Gasteiger partial charge in [0, 0.05) is 27.4 Å². The first kappa shape index (κ1) is 19.9. The Kier molecular flexibility index (Phi) is 5.44. The Hall–Kier alpha value is -3.35. The SMILES string of the molecule is N#Cc1cnc2c(Br)cc(NCc3cncn3O)cc2c1Nc1ccc(F)c(Cl)c1. The molecule has 0 amide bonds. The maximum atomic E-state index is 13.5. The van der Waals surface area contributed by atoms with Crippen molar-refractivity contribution in [2.75, 3.05) is 10.6 Å². The van der Waals surface area contributed by atoms with Gasteiger partial charge in [0.2, 0.25) is 0 Å². The van der Waals surface area contributed by atoms with E-state index in [0.29, 0.717) is 44.6 Å². The predicted molar refractivity (Wildman–Crippen MR) is 116 cm³/mol. The van der Waals surface area contributed by atoms with Crippen molar-refractivity contribution in [2.45, 2.75) is 6.54 Å². The minimum absolute atomic E-state index is 0.0268. The van der Waals surface area contributed by atoms with Gasteiger partial charge >= 0.3 is 0 Å². The number of imidazole rings is 1. The lowest BCUT2D eigenvalue weighted by Crippen LogP contribution is -2.05. The maximum absolute atomic E-state index is 13.5. The average Bonchev–Trinajstić information content (AvgIpc) is 3.14. The largest absolute Gasteiger partial charge is 0.427 e. The number of pyridine rings is 1. The highest BCUT2D eigenvalue weighted by Crippen LogP contribution is 2.35. The summed E-state index contributed by atoms with van der Waals surface area (Å²) in [5.74, 6) is -0.528. The second-order valence-electron chi connectivity index (χ2n) is 6.35. The smallest absolute Gasteiger partial charge is 0.141 e. The van der Waals surface area contributed by atoms with Crippen LogP contribution in [-0.2, 0) is 6.54 Å². The van der Waals surface area contributed by atoms with E-state index in [0.717, 1.165) is 10.4 Å². The van der Waals surface area contributed by atoms with E-state index in [2.05, 4.69) is 42.6 Å². The fraction of sp³-hybridized carbons (Fsp3) is 0.0500. The Morgan fingerprint density at radius 2 is 2.07 bits per heavy atom. The van der Waals surface area contributed by atoms with Crippen LogP contribution in [0.1, 0.15) is 11.3 Å². The Morgan fingerprint density at radius 1 is 1.23 bits per heavy atom. The monoisotopic (exact) mass is 486 g/mol. The van der Waals surface area contributed by atoms with Crippen LogP contribution in [0.2, 0.25) is 5.02 Å². The van der Waals surface area contributed by atoms with Crippen LogP contribution in [0.4, 0.5) is 21.5 Å². The van der Waals surface area contributed by atoms with Gasteiger partial charge in [-0.05, 0) is 46.3 Å². The highest BCUT2D eigenvalue weighted by Gasteiger charge is 2.14. The molecule has 0 aliphatic carbocycles. The third-order valence-corrected chi connectivity index (χ3v) is 5.30. The van der Waals surface area contributed by atoms with Crippen molar-refractivity contribution in [1.29, 1.82) is 5.26 Å². The standard InChI is InChI=1S/C20H13BrClFN6O/c21-16-4-13(26-9-14-8-25-10-29(14)30)3-15-19(11(6-24)7-27-20(15)16)28-12-1-2-18(23)17(22)5-12/h1-5,7-8,10,26,30H,9H2,(H,27,28). The number of benzene rings is 2. The van der Waals surface area contributed by atoms with Gasteiger partial charge < -0.3 is 15.8 Å². The Balaban J connectivity index is 1.77. The number of aromatic nitrogens is 3. The first-order chi connectivity index (χ1) is 14.5. The summed E-state index contributed by atoms with van der Waals surface area (Å²) in [5, 5.41) is 26.3. The van der Waals surface area contributed by atoms with Gasteiger partial charge in [0.1, 0.15) is 18.2 Å². The molecule has 0 radical (unpaired) electrons. The summed E-state index contributed by atoms with van der Waals surface area (Å²) < 4.78 is 15.2. The van der Waals surface area contributed by atoms with Gasteiger partial charge in [0.05, 0.1) is 40.2 Å². The third-order valence-electron chi connectivity index (χ3n) is 4.40. The maximum Gasteiger partial charge on any atom is 0.141 e. The number of nitrogens with zero attached hydrogens (tertiary/aromatic N) is 4. The van der Waals surface area contributed by atoms with E-state index in [9.17, 15) is 14.9 Å². The van der Waals surface area contributed by atoms with Crippen molar-refractivity contribution in [1.82, 2.24) is 14.7 Å². The van der Waals surface area contributed by atoms with E-state index in [1.165, 1.54) is 30.7 Å². The molecule has 0 spiro atoms. The average molecular weight is 488 g/mol. The van der Waals surface area contributed by atoms with E-state index in [1.807, 2.05) is 12.1 Å². The summed E-state index contributed by atoms with van der Waals surface area (Å²) >= 11 is 9.41. The van der Waals surface area contributed by atoms with Crippen molar-refractivity contribution in [3.8, 4) is 6.07 Å². The lowest BCUT2D eigenvalue weighted by molar-refractivity contribution is 0.177. The van der Waals surface area contributed by atoms with Gasteiger partial charge in [0.25, 0.3) is 0 Å². The lowest BCUT2D eigenvalue weighted by Gasteiger charge is -2.15. The first-order valence-electron chi connectivity index (χ1n) is 8.65. The molecule has 0 unspecified atom stereocenters. The Bertz CT molecular complexity index is 1300. The zero-order valence-corrected chi connectivity index (χ0v) is 17.5. The summed E-state index contributed by atoms with van der Waals surface area (Å²) in [6, 6.07) is 10.0. The molecular weight excluding hydrogens is 475 g/mol. The topological polar surface area (TPSA) is 98.8 Å². The highest BCUT2D eigenvalue weighted by atomic mass is 79.9. The van der Waals surface area contributed by atoms with Crippen molar-refractivity contribution in [3.05, 3.63) is 75.6 Å². The van der Waals surface area contributed by atoms with Crippen LogP contribution in [0, 0.1) is 17.1 Å². The Morgan fingerprint density at radius 3 is 2.77 bits per heavy atom. The van der Waals surface area contributed by atoms with Crippen LogP contribution in [0.5, 0.6) is 0 Å². The van der Waals surface area contributed by atoms with Crippen molar-refractivity contribution >= 4 is 55.5 Å². The van der Waals surface area contributed by atoms with Crippen LogP contribution in [-0.4, -0.2) is 19.9 Å². The van der Waals surface area contributed by atoms with Gasteiger partial charge in [-0.3, -0.25) is 4.98 Å². The first-order valence-corrected chi connectivity index (χ1v) is 9.82. The van der Waals surface area contributed by atoms with Gasteiger partial charge in [-0.2, -0.15) is 9.99 Å². The molecule has 7 nitrogen and oxygen atoms in total. The fourth-order valence-electron chi connectivity index (χ4n) is 2.93. The van der Waals surface area contributed by atoms with Gasteiger partial charge in [-0.25, -0.2) is 9.37 Å². The van der Waals surface area contributed by atoms with Crippen molar-refractivity contribution < 1.29 is 9.60 Å². The van der Waals surface area contributed by atoms with Gasteiger partial charge in [0.15, 0.2) is 0 Å². The van der Waals surface area contributed by atoms with Crippen LogP contribution in [0.3, 0.4) is 0 Å². The summed E-state index contributed by atoms with van der Waals surface area (Å²) in [6.07, 6.45) is 4.31.